The summed E-state index contributed by atoms with van der Waals surface area (Å²) in [6, 6.07) is 0. The zero-order valence-electron chi connectivity index (χ0n) is 8.87. The van der Waals surface area contributed by atoms with E-state index in [4.69, 9.17) is 5.11 Å². The Morgan fingerprint density at radius 3 is 2.79 bits per heavy atom. The molecule has 14 heavy (non-hydrogen) atoms. The van der Waals surface area contributed by atoms with Gasteiger partial charge in [0.15, 0.2) is 0 Å². The van der Waals surface area contributed by atoms with Crippen LogP contribution in [0.25, 0.3) is 0 Å². The molecule has 0 aromatic rings. The van der Waals surface area contributed by atoms with Gasteiger partial charge in [0.2, 0.25) is 0 Å². The van der Waals surface area contributed by atoms with Crippen molar-refractivity contribution in [3.05, 3.63) is 12.7 Å². The van der Waals surface area contributed by atoms with Gasteiger partial charge in [0.05, 0.1) is 6.61 Å². The maximum atomic E-state index is 10.2. The minimum absolute atomic E-state index is 0.297. The highest BCUT2D eigenvalue weighted by molar-refractivity contribution is 5.56. The Morgan fingerprint density at radius 2 is 2.29 bits per heavy atom. The molecule has 0 spiro atoms. The van der Waals surface area contributed by atoms with Crippen molar-refractivity contribution in [2.24, 2.45) is 5.92 Å². The highest BCUT2D eigenvalue weighted by Crippen LogP contribution is 2.14. The summed E-state index contributed by atoms with van der Waals surface area (Å²) in [4.78, 5) is 10.2. The van der Waals surface area contributed by atoms with Crippen molar-refractivity contribution < 1.29 is 14.6 Å². The van der Waals surface area contributed by atoms with Gasteiger partial charge in [-0.2, -0.15) is 0 Å². The van der Waals surface area contributed by atoms with E-state index in [1.165, 1.54) is 12.8 Å². The average molecular weight is 200 g/mol. The number of allylic oxidation sites excluding steroid dienone is 1. The molecule has 0 heterocycles. The Hall–Kier alpha value is -0.990. The van der Waals surface area contributed by atoms with Crippen molar-refractivity contribution in [1.82, 2.24) is 0 Å². The van der Waals surface area contributed by atoms with Gasteiger partial charge in [-0.1, -0.05) is 32.3 Å². The van der Waals surface area contributed by atoms with Crippen molar-refractivity contribution >= 4 is 6.16 Å². The molecule has 0 aromatic heterocycles. The maximum absolute atomic E-state index is 10.2. The van der Waals surface area contributed by atoms with E-state index in [0.717, 1.165) is 19.3 Å². The minimum atomic E-state index is -1.19. The number of unbranched alkanes of at least 4 members (excludes halogenated alkanes) is 2. The van der Waals surface area contributed by atoms with Crippen LogP contribution in [-0.4, -0.2) is 17.9 Å². The van der Waals surface area contributed by atoms with Gasteiger partial charge in [0.1, 0.15) is 0 Å². The molecule has 0 saturated heterocycles. The standard InChI is InChI=1S/C11H20O3/c1-3-5-6-8-10(7-4-2)9-14-11(12)13/h4,10H,2-3,5-9H2,1H3,(H,12,13). The largest absolute Gasteiger partial charge is 0.505 e. The van der Waals surface area contributed by atoms with Gasteiger partial charge in [0.25, 0.3) is 0 Å². The van der Waals surface area contributed by atoms with Crippen LogP contribution in [0, 0.1) is 5.92 Å². The first-order chi connectivity index (χ1) is 6.70. The van der Waals surface area contributed by atoms with Crippen LogP contribution in [0.1, 0.15) is 39.0 Å². The lowest BCUT2D eigenvalue weighted by molar-refractivity contribution is 0.0754. The van der Waals surface area contributed by atoms with Gasteiger partial charge >= 0.3 is 6.16 Å². The quantitative estimate of drug-likeness (QED) is 0.371. The van der Waals surface area contributed by atoms with E-state index < -0.39 is 6.16 Å². The van der Waals surface area contributed by atoms with Crippen LogP contribution in [0.5, 0.6) is 0 Å². The number of hydrogen-bond donors (Lipinski definition) is 1. The van der Waals surface area contributed by atoms with Crippen molar-refractivity contribution in [2.45, 2.75) is 39.0 Å². The first kappa shape index (κ1) is 13.0. The van der Waals surface area contributed by atoms with Crippen LogP contribution < -0.4 is 0 Å². The first-order valence-electron chi connectivity index (χ1n) is 5.17. The second-order valence-corrected chi connectivity index (χ2v) is 3.46. The predicted octanol–water partition coefficient (Wildman–Crippen LogP) is 3.45. The number of hydrogen-bond acceptors (Lipinski definition) is 2. The topological polar surface area (TPSA) is 46.5 Å². The molecule has 1 N–H and O–H groups in total. The van der Waals surface area contributed by atoms with E-state index >= 15 is 0 Å². The lowest BCUT2D eigenvalue weighted by Crippen LogP contribution is -2.12. The van der Waals surface area contributed by atoms with Crippen LogP contribution in [0.3, 0.4) is 0 Å². The Bertz CT molecular complexity index is 166. The van der Waals surface area contributed by atoms with Crippen LogP contribution in [0.4, 0.5) is 4.79 Å². The van der Waals surface area contributed by atoms with Gasteiger partial charge in [-0.3, -0.25) is 0 Å². The van der Waals surface area contributed by atoms with E-state index in [-0.39, 0.29) is 0 Å². The van der Waals surface area contributed by atoms with Crippen molar-refractivity contribution in [3.8, 4) is 0 Å². The third-order valence-electron chi connectivity index (χ3n) is 2.16. The summed E-state index contributed by atoms with van der Waals surface area (Å²) >= 11 is 0. The Kier molecular flexibility index (Phi) is 7.99. The Morgan fingerprint density at radius 1 is 1.57 bits per heavy atom. The van der Waals surface area contributed by atoms with E-state index in [2.05, 4.69) is 18.2 Å². The van der Waals surface area contributed by atoms with Gasteiger partial charge < -0.3 is 9.84 Å². The monoisotopic (exact) mass is 200 g/mol. The smallest absolute Gasteiger partial charge is 0.450 e. The van der Waals surface area contributed by atoms with Crippen LogP contribution in [0.2, 0.25) is 0 Å². The molecule has 82 valence electrons. The third-order valence-corrected chi connectivity index (χ3v) is 2.16. The molecular weight excluding hydrogens is 180 g/mol. The summed E-state index contributed by atoms with van der Waals surface area (Å²) in [5.74, 6) is 0.301. The van der Waals surface area contributed by atoms with E-state index in [9.17, 15) is 4.79 Å². The molecule has 1 atom stereocenters. The van der Waals surface area contributed by atoms with Crippen LogP contribution >= 0.6 is 0 Å². The molecule has 0 amide bonds. The fraction of sp³-hybridized carbons (Fsp3) is 0.727. The molecule has 0 aliphatic heterocycles. The number of carbonyl (C=O) groups is 1. The molecule has 0 rings (SSSR count). The fourth-order valence-corrected chi connectivity index (χ4v) is 1.38. The lowest BCUT2D eigenvalue weighted by Gasteiger charge is -2.13. The summed E-state index contributed by atoms with van der Waals surface area (Å²) in [6.45, 7) is 6.10. The molecule has 0 saturated carbocycles. The molecule has 0 bridgehead atoms. The maximum Gasteiger partial charge on any atom is 0.505 e. The second kappa shape index (κ2) is 8.60. The summed E-state index contributed by atoms with van der Waals surface area (Å²) < 4.78 is 4.56. The van der Waals surface area contributed by atoms with Crippen LogP contribution in [-0.2, 0) is 4.74 Å². The lowest BCUT2D eigenvalue weighted by atomic mass is 9.99. The third kappa shape index (κ3) is 7.65. The van der Waals surface area contributed by atoms with Gasteiger partial charge in [0, 0.05) is 0 Å². The number of carboxylic acid groups (broad SMARTS) is 1. The molecule has 3 nitrogen and oxygen atoms in total. The van der Waals surface area contributed by atoms with E-state index in [0.29, 0.717) is 12.5 Å². The molecule has 0 fully saturated rings. The zero-order valence-corrected chi connectivity index (χ0v) is 8.87. The SMILES string of the molecule is C=CCC(CCCCC)COC(=O)O. The highest BCUT2D eigenvalue weighted by Gasteiger charge is 2.09. The minimum Gasteiger partial charge on any atom is -0.450 e. The molecule has 0 aliphatic rings. The number of rotatable bonds is 8. The van der Waals surface area contributed by atoms with Gasteiger partial charge in [-0.15, -0.1) is 6.58 Å². The van der Waals surface area contributed by atoms with Crippen molar-refractivity contribution in [3.63, 3.8) is 0 Å². The highest BCUT2D eigenvalue weighted by atomic mass is 16.7. The molecule has 0 aromatic carbocycles. The van der Waals surface area contributed by atoms with Crippen LogP contribution in [0.15, 0.2) is 12.7 Å². The summed E-state index contributed by atoms with van der Waals surface area (Å²) in [7, 11) is 0. The van der Waals surface area contributed by atoms with E-state index in [1.54, 1.807) is 0 Å². The molecule has 1 unspecified atom stereocenters. The molecular formula is C11H20O3. The fourth-order valence-electron chi connectivity index (χ4n) is 1.38. The summed E-state index contributed by atoms with van der Waals surface area (Å²) in [5, 5.41) is 8.35. The zero-order chi connectivity index (χ0) is 10.8. The van der Waals surface area contributed by atoms with Gasteiger partial charge in [-0.05, 0) is 18.8 Å². The summed E-state index contributed by atoms with van der Waals surface area (Å²) in [5.41, 5.74) is 0. The Labute approximate surface area is 85.8 Å². The van der Waals surface area contributed by atoms with Crippen molar-refractivity contribution in [1.29, 1.82) is 0 Å². The molecule has 0 radical (unpaired) electrons. The predicted molar refractivity (Wildman–Crippen MR) is 56.4 cm³/mol. The Balaban J connectivity index is 3.64. The van der Waals surface area contributed by atoms with Crippen molar-refractivity contribution in [2.75, 3.05) is 6.61 Å². The molecule has 3 heteroatoms. The van der Waals surface area contributed by atoms with E-state index in [1.807, 2.05) is 6.08 Å². The summed E-state index contributed by atoms with van der Waals surface area (Å²) in [6.07, 6.45) is 6.00. The first-order valence-corrected chi connectivity index (χ1v) is 5.17. The normalized spacial score (nSPS) is 12.1. The van der Waals surface area contributed by atoms with Gasteiger partial charge in [-0.25, -0.2) is 4.79 Å². The second-order valence-electron chi connectivity index (χ2n) is 3.46. The average Bonchev–Trinajstić information content (AvgIpc) is 2.14. The molecule has 0 aliphatic carbocycles. The number of ether oxygens (including phenoxy) is 1.